The van der Waals surface area contributed by atoms with Crippen LogP contribution in [0.3, 0.4) is 0 Å². The van der Waals surface area contributed by atoms with Crippen LogP contribution in [0.25, 0.3) is 10.9 Å². The van der Waals surface area contributed by atoms with Crippen LogP contribution in [0.15, 0.2) is 88.6 Å². The maximum Gasteiger partial charge on any atom is 0.280 e. The first kappa shape index (κ1) is 21.6. The fraction of sp³-hybridized carbons (Fsp3) is 0.120. The molecule has 1 heterocycles. The van der Waals surface area contributed by atoms with Crippen molar-refractivity contribution < 1.29 is 14.3 Å². The molecule has 0 radical (unpaired) electrons. The highest BCUT2D eigenvalue weighted by Crippen LogP contribution is 2.22. The van der Waals surface area contributed by atoms with Crippen LogP contribution in [-0.2, 0) is 11.4 Å². The zero-order valence-corrected chi connectivity index (χ0v) is 19.0. The van der Waals surface area contributed by atoms with E-state index < -0.39 is 6.10 Å². The van der Waals surface area contributed by atoms with Crippen molar-refractivity contribution in [1.82, 2.24) is 10.4 Å². The number of ether oxygens (including phenoxy) is 2. The molecular weight excluding hydrogens is 470 g/mol. The van der Waals surface area contributed by atoms with Crippen LogP contribution in [-0.4, -0.2) is 23.2 Å². The zero-order chi connectivity index (χ0) is 22.3. The van der Waals surface area contributed by atoms with E-state index in [9.17, 15) is 4.79 Å². The number of carbonyl (C=O) groups excluding carboxylic acids is 1. The van der Waals surface area contributed by atoms with Crippen LogP contribution < -0.4 is 14.9 Å². The van der Waals surface area contributed by atoms with Gasteiger partial charge in [-0.3, -0.25) is 4.79 Å². The first-order chi connectivity index (χ1) is 15.6. The molecule has 0 saturated carbocycles. The van der Waals surface area contributed by atoms with Crippen molar-refractivity contribution in [2.45, 2.75) is 19.6 Å². The quantitative estimate of drug-likeness (QED) is 0.255. The van der Waals surface area contributed by atoms with Crippen molar-refractivity contribution in [2.75, 3.05) is 0 Å². The van der Waals surface area contributed by atoms with Gasteiger partial charge in [-0.15, -0.1) is 0 Å². The molecule has 0 spiro atoms. The molecule has 0 saturated heterocycles. The van der Waals surface area contributed by atoms with E-state index in [0.717, 1.165) is 32.3 Å². The molecule has 7 heteroatoms. The Morgan fingerprint density at radius 1 is 1.09 bits per heavy atom. The summed E-state index contributed by atoms with van der Waals surface area (Å²) in [7, 11) is 0. The van der Waals surface area contributed by atoms with Gasteiger partial charge in [0, 0.05) is 27.1 Å². The molecule has 1 aromatic heterocycles. The molecule has 0 bridgehead atoms. The molecule has 0 aliphatic heterocycles. The summed E-state index contributed by atoms with van der Waals surface area (Å²) in [6.07, 6.45) is 2.74. The normalized spacial score (nSPS) is 12.1. The van der Waals surface area contributed by atoms with E-state index in [-0.39, 0.29) is 5.91 Å². The predicted molar refractivity (Wildman–Crippen MR) is 129 cm³/mol. The van der Waals surface area contributed by atoms with Gasteiger partial charge in [-0.25, -0.2) is 5.43 Å². The van der Waals surface area contributed by atoms with E-state index in [2.05, 4.69) is 31.4 Å². The van der Waals surface area contributed by atoms with Crippen LogP contribution in [0, 0.1) is 0 Å². The fourth-order valence-electron chi connectivity index (χ4n) is 3.09. The Bertz CT molecular complexity index is 1220. The molecule has 4 rings (SSSR count). The summed E-state index contributed by atoms with van der Waals surface area (Å²) < 4.78 is 12.5. The lowest BCUT2D eigenvalue weighted by molar-refractivity contribution is -0.127. The Hall–Kier alpha value is -3.58. The number of carbonyl (C=O) groups is 1. The minimum atomic E-state index is -0.708. The molecule has 1 atom stereocenters. The van der Waals surface area contributed by atoms with E-state index in [0.29, 0.717) is 12.4 Å². The lowest BCUT2D eigenvalue weighted by Gasteiger charge is -2.13. The van der Waals surface area contributed by atoms with Crippen molar-refractivity contribution in [3.63, 3.8) is 0 Å². The third-order valence-electron chi connectivity index (χ3n) is 4.81. The molecule has 1 amide bonds. The van der Waals surface area contributed by atoms with E-state index in [1.807, 2.05) is 66.9 Å². The van der Waals surface area contributed by atoms with Gasteiger partial charge in [-0.05, 0) is 55.0 Å². The monoisotopic (exact) mass is 491 g/mol. The number of hydrazone groups is 1. The topological polar surface area (TPSA) is 75.7 Å². The highest BCUT2D eigenvalue weighted by molar-refractivity contribution is 9.10. The van der Waals surface area contributed by atoms with Crippen molar-refractivity contribution in [1.29, 1.82) is 0 Å². The molecule has 1 unspecified atom stereocenters. The minimum absolute atomic E-state index is 0.341. The van der Waals surface area contributed by atoms with E-state index in [1.165, 1.54) is 0 Å². The molecule has 4 aromatic rings. The van der Waals surface area contributed by atoms with Gasteiger partial charge >= 0.3 is 0 Å². The number of aromatic nitrogens is 1. The average molecular weight is 492 g/mol. The van der Waals surface area contributed by atoms with Gasteiger partial charge in [-0.1, -0.05) is 46.3 Å². The summed E-state index contributed by atoms with van der Waals surface area (Å²) in [5.41, 5.74) is 5.49. The van der Waals surface area contributed by atoms with Crippen molar-refractivity contribution in [2.24, 2.45) is 5.10 Å². The smallest absolute Gasteiger partial charge is 0.280 e. The predicted octanol–water partition coefficient (Wildman–Crippen LogP) is 5.43. The Morgan fingerprint density at radius 2 is 1.84 bits per heavy atom. The molecule has 3 aromatic carbocycles. The zero-order valence-electron chi connectivity index (χ0n) is 17.4. The van der Waals surface area contributed by atoms with Gasteiger partial charge < -0.3 is 14.5 Å². The Labute approximate surface area is 194 Å². The maximum absolute atomic E-state index is 12.3. The number of amides is 1. The number of H-pyrrole nitrogens is 1. The van der Waals surface area contributed by atoms with Gasteiger partial charge in [0.2, 0.25) is 0 Å². The minimum Gasteiger partial charge on any atom is -0.489 e. The summed E-state index contributed by atoms with van der Waals surface area (Å²) in [5.74, 6) is 0.963. The van der Waals surface area contributed by atoms with Crippen LogP contribution in [0.4, 0.5) is 0 Å². The number of nitrogens with zero attached hydrogens (tertiary/aromatic N) is 1. The summed E-state index contributed by atoms with van der Waals surface area (Å²) >= 11 is 3.46. The standard InChI is InChI=1S/C25H22BrN3O3/c1-17(25(30)29-28-15-19-14-27-24-12-7-20(26)13-23(19)24)32-22-10-8-21(9-11-22)31-16-18-5-3-2-4-6-18/h2-15,17,27H,16H2,1H3,(H,29,30). The second kappa shape index (κ2) is 10.2. The summed E-state index contributed by atoms with van der Waals surface area (Å²) in [6.45, 7) is 2.17. The second-order valence-electron chi connectivity index (χ2n) is 7.17. The summed E-state index contributed by atoms with van der Waals surface area (Å²) in [6, 6.07) is 23.1. The van der Waals surface area contributed by atoms with Gasteiger partial charge in [-0.2, -0.15) is 5.10 Å². The average Bonchev–Trinajstić information content (AvgIpc) is 3.21. The van der Waals surface area contributed by atoms with E-state index in [1.54, 1.807) is 25.3 Å². The highest BCUT2D eigenvalue weighted by Gasteiger charge is 2.14. The SMILES string of the molecule is CC(Oc1ccc(OCc2ccccc2)cc1)C(=O)NN=Cc1c[nH]c2ccc(Br)cc12. The van der Waals surface area contributed by atoms with Crippen LogP contribution in [0.1, 0.15) is 18.1 Å². The van der Waals surface area contributed by atoms with E-state index >= 15 is 0 Å². The van der Waals surface area contributed by atoms with Gasteiger partial charge in [0.1, 0.15) is 18.1 Å². The largest absolute Gasteiger partial charge is 0.489 e. The van der Waals surface area contributed by atoms with E-state index in [4.69, 9.17) is 9.47 Å². The third kappa shape index (κ3) is 5.56. The fourth-order valence-corrected chi connectivity index (χ4v) is 3.45. The molecule has 0 fully saturated rings. The number of benzene rings is 3. The van der Waals surface area contributed by atoms with Gasteiger partial charge in [0.15, 0.2) is 6.10 Å². The Balaban J connectivity index is 1.28. The first-order valence-electron chi connectivity index (χ1n) is 10.1. The second-order valence-corrected chi connectivity index (χ2v) is 8.09. The van der Waals surface area contributed by atoms with Gasteiger partial charge in [0.05, 0.1) is 6.21 Å². The van der Waals surface area contributed by atoms with Crippen molar-refractivity contribution >= 4 is 39.0 Å². The highest BCUT2D eigenvalue weighted by atomic mass is 79.9. The maximum atomic E-state index is 12.3. The number of fused-ring (bicyclic) bond motifs is 1. The van der Waals surface area contributed by atoms with Crippen molar-refractivity contribution in [3.8, 4) is 11.5 Å². The summed E-state index contributed by atoms with van der Waals surface area (Å²) in [5, 5.41) is 5.07. The first-order valence-corrected chi connectivity index (χ1v) is 10.9. The van der Waals surface area contributed by atoms with Gasteiger partial charge in [0.25, 0.3) is 5.91 Å². The molecule has 32 heavy (non-hydrogen) atoms. The third-order valence-corrected chi connectivity index (χ3v) is 5.30. The van der Waals surface area contributed by atoms with Crippen LogP contribution >= 0.6 is 15.9 Å². The number of rotatable bonds is 8. The molecular formula is C25H22BrN3O3. The van der Waals surface area contributed by atoms with Crippen LogP contribution in [0.2, 0.25) is 0 Å². The number of hydrogen-bond donors (Lipinski definition) is 2. The molecule has 0 aliphatic rings. The number of aromatic amines is 1. The number of nitrogens with one attached hydrogen (secondary N) is 2. The Morgan fingerprint density at radius 3 is 2.62 bits per heavy atom. The summed E-state index contributed by atoms with van der Waals surface area (Å²) in [4.78, 5) is 15.5. The van der Waals surface area contributed by atoms with Crippen LogP contribution in [0.5, 0.6) is 11.5 Å². The molecule has 0 aliphatic carbocycles. The number of hydrogen-bond acceptors (Lipinski definition) is 4. The molecule has 6 nitrogen and oxygen atoms in total. The molecule has 2 N–H and O–H groups in total. The number of halogens is 1. The molecule has 162 valence electrons. The lowest BCUT2D eigenvalue weighted by Crippen LogP contribution is -2.33. The lowest BCUT2D eigenvalue weighted by atomic mass is 10.2. The Kier molecular flexibility index (Phi) is 6.87. The van der Waals surface area contributed by atoms with Crippen molar-refractivity contribution in [3.05, 3.63) is 94.6 Å².